The first-order valence-electron chi connectivity index (χ1n) is 6.85. The molecular formula is C16H24N2O3. The van der Waals surface area contributed by atoms with Crippen molar-refractivity contribution >= 4 is 5.91 Å². The van der Waals surface area contributed by atoms with Gasteiger partial charge in [0.05, 0.1) is 6.04 Å². The fourth-order valence-corrected chi connectivity index (χ4v) is 2.06. The van der Waals surface area contributed by atoms with Crippen LogP contribution in [0.2, 0.25) is 0 Å². The molecule has 0 spiro atoms. The zero-order valence-electron chi connectivity index (χ0n) is 12.8. The van der Waals surface area contributed by atoms with Crippen molar-refractivity contribution in [1.82, 2.24) is 4.90 Å². The lowest BCUT2D eigenvalue weighted by Gasteiger charge is -2.36. The van der Waals surface area contributed by atoms with Gasteiger partial charge in [-0.1, -0.05) is 12.1 Å². The highest BCUT2D eigenvalue weighted by Gasteiger charge is 2.29. The zero-order chi connectivity index (χ0) is 16.2. The number of nitrogens with zero attached hydrogens (tertiary/aromatic N) is 1. The summed E-state index contributed by atoms with van der Waals surface area (Å²) < 4.78 is 0. The van der Waals surface area contributed by atoms with Crippen molar-refractivity contribution in [2.24, 2.45) is 5.73 Å². The molecule has 0 aliphatic carbocycles. The largest absolute Gasteiger partial charge is 0.504 e. The van der Waals surface area contributed by atoms with Crippen LogP contribution in [0.3, 0.4) is 0 Å². The maximum absolute atomic E-state index is 12.5. The van der Waals surface area contributed by atoms with Crippen LogP contribution in [0.25, 0.3) is 0 Å². The first-order chi connectivity index (χ1) is 9.66. The molecule has 0 aliphatic heterocycles. The lowest BCUT2D eigenvalue weighted by atomic mass is 10.0. The molecule has 1 aromatic rings. The van der Waals surface area contributed by atoms with Crippen LogP contribution in [0.15, 0.2) is 30.9 Å². The van der Waals surface area contributed by atoms with Gasteiger partial charge in [-0.25, -0.2) is 0 Å². The molecule has 0 saturated carbocycles. The number of phenols is 2. The van der Waals surface area contributed by atoms with E-state index in [4.69, 9.17) is 5.73 Å². The van der Waals surface area contributed by atoms with Crippen LogP contribution in [0.1, 0.15) is 26.3 Å². The highest BCUT2D eigenvalue weighted by atomic mass is 16.3. The molecule has 0 aromatic heterocycles. The van der Waals surface area contributed by atoms with E-state index < -0.39 is 6.04 Å². The molecule has 21 heavy (non-hydrogen) atoms. The van der Waals surface area contributed by atoms with E-state index in [1.54, 1.807) is 17.0 Å². The Morgan fingerprint density at radius 2 is 2.00 bits per heavy atom. The first-order valence-corrected chi connectivity index (χ1v) is 6.85. The Morgan fingerprint density at radius 3 is 2.48 bits per heavy atom. The van der Waals surface area contributed by atoms with E-state index in [0.717, 1.165) is 0 Å². The third-order valence-corrected chi connectivity index (χ3v) is 3.20. The minimum atomic E-state index is -0.715. The fourth-order valence-electron chi connectivity index (χ4n) is 2.06. The second kappa shape index (κ2) is 6.63. The second-order valence-corrected chi connectivity index (χ2v) is 6.04. The topological polar surface area (TPSA) is 86.8 Å². The number of benzene rings is 1. The number of carbonyl (C=O) groups is 1. The molecule has 0 fully saturated rings. The van der Waals surface area contributed by atoms with Gasteiger partial charge in [-0.2, -0.15) is 0 Å². The molecule has 1 rings (SSSR count). The quantitative estimate of drug-likeness (QED) is 0.570. The summed E-state index contributed by atoms with van der Waals surface area (Å²) in [6, 6.07) is 3.72. The molecule has 4 N–H and O–H groups in total. The molecule has 5 heteroatoms. The van der Waals surface area contributed by atoms with E-state index in [1.807, 2.05) is 20.8 Å². The van der Waals surface area contributed by atoms with Gasteiger partial charge in [0, 0.05) is 12.1 Å². The number of hydrogen-bond donors (Lipinski definition) is 3. The number of rotatable bonds is 5. The van der Waals surface area contributed by atoms with Crippen LogP contribution in [0.5, 0.6) is 11.5 Å². The second-order valence-electron chi connectivity index (χ2n) is 6.04. The Hall–Kier alpha value is -2.01. The number of nitrogens with two attached hydrogens (primary N) is 1. The predicted octanol–water partition coefficient (Wildman–Crippen LogP) is 1.78. The average Bonchev–Trinajstić information content (AvgIpc) is 2.38. The summed E-state index contributed by atoms with van der Waals surface area (Å²) in [6.45, 7) is 9.91. The molecule has 0 heterocycles. The van der Waals surface area contributed by atoms with Gasteiger partial charge in [0.1, 0.15) is 0 Å². The lowest BCUT2D eigenvalue weighted by molar-refractivity contribution is -0.136. The van der Waals surface area contributed by atoms with Gasteiger partial charge in [-0.3, -0.25) is 4.79 Å². The Balaban J connectivity index is 2.85. The number of aromatic hydroxyl groups is 2. The molecule has 1 amide bonds. The molecule has 0 radical (unpaired) electrons. The molecule has 0 aliphatic rings. The zero-order valence-corrected chi connectivity index (χ0v) is 12.8. The van der Waals surface area contributed by atoms with Crippen molar-refractivity contribution in [1.29, 1.82) is 0 Å². The minimum Gasteiger partial charge on any atom is -0.504 e. The highest BCUT2D eigenvalue weighted by molar-refractivity contribution is 5.82. The number of hydrogen-bond acceptors (Lipinski definition) is 4. The van der Waals surface area contributed by atoms with Crippen molar-refractivity contribution in [2.75, 3.05) is 6.54 Å². The summed E-state index contributed by atoms with van der Waals surface area (Å²) in [5.41, 5.74) is 6.34. The number of carbonyl (C=O) groups excluding carboxylic acids is 1. The predicted molar refractivity (Wildman–Crippen MR) is 83.1 cm³/mol. The maximum Gasteiger partial charge on any atom is 0.240 e. The van der Waals surface area contributed by atoms with Crippen molar-refractivity contribution in [3.05, 3.63) is 36.4 Å². The summed E-state index contributed by atoms with van der Waals surface area (Å²) in [4.78, 5) is 14.1. The number of amides is 1. The standard InChI is InChI=1S/C16H24N2O3/c1-5-8-18(16(2,3)4)15(21)12(17)9-11-6-7-13(19)14(20)10-11/h5-7,10,12,19-20H,1,8-9,17H2,2-4H3/t12-/m0/s1. The van der Waals surface area contributed by atoms with Gasteiger partial charge in [0.2, 0.25) is 5.91 Å². The summed E-state index contributed by atoms with van der Waals surface area (Å²) >= 11 is 0. The molecule has 0 unspecified atom stereocenters. The van der Waals surface area contributed by atoms with Gasteiger partial charge in [-0.15, -0.1) is 6.58 Å². The van der Waals surface area contributed by atoms with Crippen molar-refractivity contribution < 1.29 is 15.0 Å². The monoisotopic (exact) mass is 292 g/mol. The van der Waals surface area contributed by atoms with Gasteiger partial charge in [-0.05, 0) is 44.9 Å². The summed E-state index contributed by atoms with van der Waals surface area (Å²) in [5, 5.41) is 18.8. The van der Waals surface area contributed by atoms with E-state index in [9.17, 15) is 15.0 Å². The van der Waals surface area contributed by atoms with Crippen LogP contribution < -0.4 is 5.73 Å². The van der Waals surface area contributed by atoms with E-state index in [0.29, 0.717) is 12.1 Å². The summed E-state index contributed by atoms with van der Waals surface area (Å²) in [7, 11) is 0. The SMILES string of the molecule is C=CCN(C(=O)[C@@H](N)Cc1ccc(O)c(O)c1)C(C)(C)C. The Kier molecular flexibility index (Phi) is 5.38. The molecule has 5 nitrogen and oxygen atoms in total. The Morgan fingerprint density at radius 1 is 1.38 bits per heavy atom. The molecule has 0 saturated heterocycles. The third-order valence-electron chi connectivity index (χ3n) is 3.20. The van der Waals surface area contributed by atoms with Crippen molar-refractivity contribution in [2.45, 2.75) is 38.8 Å². The van der Waals surface area contributed by atoms with E-state index >= 15 is 0 Å². The molecule has 1 atom stereocenters. The fraction of sp³-hybridized carbons (Fsp3) is 0.438. The Bertz CT molecular complexity index is 521. The normalized spacial score (nSPS) is 12.8. The molecular weight excluding hydrogens is 268 g/mol. The van der Waals surface area contributed by atoms with E-state index in [-0.39, 0.29) is 29.4 Å². The highest BCUT2D eigenvalue weighted by Crippen LogP contribution is 2.25. The molecule has 0 bridgehead atoms. The lowest BCUT2D eigenvalue weighted by Crippen LogP contribution is -2.52. The van der Waals surface area contributed by atoms with Gasteiger partial charge >= 0.3 is 0 Å². The first kappa shape index (κ1) is 17.0. The maximum atomic E-state index is 12.5. The van der Waals surface area contributed by atoms with Crippen LogP contribution >= 0.6 is 0 Å². The minimum absolute atomic E-state index is 0.171. The summed E-state index contributed by atoms with van der Waals surface area (Å²) in [5.74, 6) is -0.581. The summed E-state index contributed by atoms with van der Waals surface area (Å²) in [6.07, 6.45) is 1.96. The molecule has 116 valence electrons. The molecule has 1 aromatic carbocycles. The van der Waals surface area contributed by atoms with Gasteiger partial charge in [0.15, 0.2) is 11.5 Å². The van der Waals surface area contributed by atoms with Crippen LogP contribution in [-0.4, -0.2) is 39.1 Å². The third kappa shape index (κ3) is 4.49. The van der Waals surface area contributed by atoms with E-state index in [1.165, 1.54) is 12.1 Å². The number of phenolic OH excluding ortho intramolecular Hbond substituents is 2. The van der Waals surface area contributed by atoms with Crippen molar-refractivity contribution in [3.8, 4) is 11.5 Å². The average molecular weight is 292 g/mol. The van der Waals surface area contributed by atoms with E-state index in [2.05, 4.69) is 6.58 Å². The Labute approximate surface area is 125 Å². The van der Waals surface area contributed by atoms with Gasteiger partial charge < -0.3 is 20.8 Å². The van der Waals surface area contributed by atoms with Crippen LogP contribution in [0, 0.1) is 0 Å². The van der Waals surface area contributed by atoms with Crippen LogP contribution in [-0.2, 0) is 11.2 Å². The van der Waals surface area contributed by atoms with Crippen molar-refractivity contribution in [3.63, 3.8) is 0 Å². The van der Waals surface area contributed by atoms with Gasteiger partial charge in [0.25, 0.3) is 0 Å². The smallest absolute Gasteiger partial charge is 0.240 e. The van der Waals surface area contributed by atoms with Crippen LogP contribution in [0.4, 0.5) is 0 Å².